The second kappa shape index (κ2) is 17.3. The number of hydrogen-bond acceptors (Lipinski definition) is 0. The van der Waals surface area contributed by atoms with Crippen LogP contribution < -0.4 is 0 Å². The van der Waals surface area contributed by atoms with Crippen LogP contribution in [0.1, 0.15) is 0 Å². The van der Waals surface area contributed by atoms with Crippen LogP contribution in [0, 0.1) is 0 Å². The molecule has 0 saturated heterocycles. The van der Waals surface area contributed by atoms with Crippen molar-refractivity contribution in [1.29, 1.82) is 0 Å². The summed E-state index contributed by atoms with van der Waals surface area (Å²) in [6.07, 6.45) is 0. The van der Waals surface area contributed by atoms with Gasteiger partial charge >= 0.3 is 60.8 Å². The van der Waals surface area contributed by atoms with E-state index < -0.39 is 0 Å². The normalized spacial score (nSPS) is 0. The van der Waals surface area contributed by atoms with Crippen molar-refractivity contribution in [2.75, 3.05) is 0 Å². The van der Waals surface area contributed by atoms with Gasteiger partial charge in [0.05, 0.1) is 0 Å². The topological polar surface area (TPSA) is 0 Å². The standard InChI is InChI=1S/Ca.Mg.H3P.H4Si.4H/h;;1H3;1H4;;;;. The van der Waals surface area contributed by atoms with Gasteiger partial charge in [0.1, 0.15) is 0 Å². The van der Waals surface area contributed by atoms with Gasteiger partial charge in [0.25, 0.3) is 0 Å². The Hall–Kier alpha value is 2.67. The van der Waals surface area contributed by atoms with E-state index in [1.54, 1.807) is 0 Å². The maximum absolute atomic E-state index is 0. The van der Waals surface area contributed by atoms with Crippen molar-refractivity contribution < 1.29 is 0 Å². The van der Waals surface area contributed by atoms with E-state index in [0.29, 0.717) is 0 Å². The minimum atomic E-state index is 0. The quantitative estimate of drug-likeness (QED) is 0.242. The van der Waals surface area contributed by atoms with Crippen molar-refractivity contribution in [3.05, 3.63) is 0 Å². The Kier molecular flexibility index (Phi) is 130. The first kappa shape index (κ1) is 30.1. The minimum Gasteiger partial charge on any atom is -0.0149 e. The van der Waals surface area contributed by atoms with Crippen LogP contribution >= 0.6 is 9.90 Å². The number of rotatable bonds is 0. The number of hydrogen-bond donors (Lipinski definition) is 0. The SMILES string of the molecule is P.[CaH2].[MgH2].[SiH4]. The molecule has 0 aliphatic carbocycles. The van der Waals surface area contributed by atoms with Crippen LogP contribution in [0.3, 0.4) is 0 Å². The van der Waals surface area contributed by atoms with Gasteiger partial charge in [-0.2, -0.15) is 9.90 Å². The van der Waals surface area contributed by atoms with Crippen LogP contribution in [0.25, 0.3) is 0 Å². The van der Waals surface area contributed by atoms with Crippen molar-refractivity contribution in [2.45, 2.75) is 0 Å². The molecule has 0 radical (unpaired) electrons. The Morgan fingerprint density at radius 2 is 1.00 bits per heavy atom. The molecule has 0 saturated carbocycles. The van der Waals surface area contributed by atoms with Gasteiger partial charge in [-0.1, -0.05) is 0 Å². The van der Waals surface area contributed by atoms with Gasteiger partial charge in [-0.3, -0.25) is 0 Å². The molecule has 0 rings (SSSR count). The molecule has 0 aliphatic heterocycles. The molecule has 1 atom stereocenters. The van der Waals surface area contributed by atoms with E-state index in [9.17, 15) is 0 Å². The van der Waals surface area contributed by atoms with E-state index in [2.05, 4.69) is 0 Å². The Morgan fingerprint density at radius 1 is 1.00 bits per heavy atom. The van der Waals surface area contributed by atoms with Crippen LogP contribution in [0.15, 0.2) is 0 Å². The fraction of sp³-hybridized carbons (Fsp3) is 0. The molecule has 0 N–H and O–H groups in total. The van der Waals surface area contributed by atoms with Gasteiger partial charge in [-0.15, -0.1) is 0 Å². The van der Waals surface area contributed by atoms with E-state index in [1.807, 2.05) is 0 Å². The second-order valence-corrected chi connectivity index (χ2v) is 0. The molecule has 0 aromatic heterocycles. The largest absolute Gasteiger partial charge is 0.316 e. The van der Waals surface area contributed by atoms with Crippen molar-refractivity contribution >= 4 is 81.7 Å². The van der Waals surface area contributed by atoms with Crippen LogP contribution in [0.2, 0.25) is 0 Å². The van der Waals surface area contributed by atoms with E-state index in [-0.39, 0.29) is 81.7 Å². The van der Waals surface area contributed by atoms with Gasteiger partial charge in [-0.05, 0) is 11.0 Å². The maximum atomic E-state index is 0. The summed E-state index contributed by atoms with van der Waals surface area (Å²) >= 11 is 0. The molecule has 4 heteroatoms. The van der Waals surface area contributed by atoms with E-state index in [1.165, 1.54) is 0 Å². The third-order valence-corrected chi connectivity index (χ3v) is 0. The fourth-order valence-corrected chi connectivity index (χ4v) is 0. The molecule has 0 amide bonds. The van der Waals surface area contributed by atoms with Gasteiger partial charge in [0.15, 0.2) is 0 Å². The summed E-state index contributed by atoms with van der Waals surface area (Å²) in [5, 5.41) is 0. The van der Waals surface area contributed by atoms with E-state index in [4.69, 9.17) is 0 Å². The summed E-state index contributed by atoms with van der Waals surface area (Å²) in [6.45, 7) is 0. The first-order chi connectivity index (χ1) is 0. The van der Waals surface area contributed by atoms with Crippen molar-refractivity contribution in [3.8, 4) is 0 Å². The fourth-order valence-electron chi connectivity index (χ4n) is 0. The monoisotopic (exact) mass is 134 g/mol. The molecule has 0 bridgehead atoms. The first-order valence-electron chi connectivity index (χ1n) is 0. The van der Waals surface area contributed by atoms with Crippen LogP contribution in [0.5, 0.6) is 0 Å². The molecule has 0 fully saturated rings. The summed E-state index contributed by atoms with van der Waals surface area (Å²) in [5.74, 6) is 0. The Bertz CT molecular complexity index is 8.00. The van der Waals surface area contributed by atoms with Crippen molar-refractivity contribution in [1.82, 2.24) is 0 Å². The van der Waals surface area contributed by atoms with Crippen LogP contribution in [-0.4, -0.2) is 71.8 Å². The van der Waals surface area contributed by atoms with Gasteiger partial charge in [0, 0.05) is 0 Å². The van der Waals surface area contributed by atoms with Crippen molar-refractivity contribution in [3.63, 3.8) is 0 Å². The summed E-state index contributed by atoms with van der Waals surface area (Å²) in [4.78, 5) is 0. The molecule has 0 spiro atoms. The summed E-state index contributed by atoms with van der Waals surface area (Å²) in [6, 6.07) is 0. The van der Waals surface area contributed by atoms with E-state index in [0.717, 1.165) is 0 Å². The zero-order valence-electron chi connectivity index (χ0n) is 0.707. The average molecular weight is 135 g/mol. The van der Waals surface area contributed by atoms with Crippen LogP contribution in [0.4, 0.5) is 0 Å². The van der Waals surface area contributed by atoms with Crippen LogP contribution in [-0.2, 0) is 0 Å². The predicted molar refractivity (Wildman–Crippen MR) is 39.5 cm³/mol. The van der Waals surface area contributed by atoms with Gasteiger partial charge < -0.3 is 0 Å². The molecule has 1 unspecified atom stereocenters. The molecule has 0 aromatic carbocycles. The molecule has 24 valence electrons. The van der Waals surface area contributed by atoms with Crippen molar-refractivity contribution in [2.24, 2.45) is 0 Å². The summed E-state index contributed by atoms with van der Waals surface area (Å²) < 4.78 is 0. The molecule has 4 heavy (non-hydrogen) atoms. The molecule has 0 nitrogen and oxygen atoms in total. The zero-order valence-corrected chi connectivity index (χ0v) is 2.12. The molecule has 0 heterocycles. The smallest absolute Gasteiger partial charge is 0.0149 e. The second-order valence-electron chi connectivity index (χ2n) is 0. The average Bonchev–Trinajstić information content (AvgIpc) is 0. The third kappa shape index (κ3) is 8.82. The Labute approximate surface area is 80.3 Å². The molecule has 0 aliphatic rings. The zero-order chi connectivity index (χ0) is 0. The molecular weight excluding hydrogens is 123 g/mol. The summed E-state index contributed by atoms with van der Waals surface area (Å²) in [5.41, 5.74) is 0. The van der Waals surface area contributed by atoms with Gasteiger partial charge in [-0.25, -0.2) is 0 Å². The first-order valence-corrected chi connectivity index (χ1v) is 0. The predicted octanol–water partition coefficient (Wildman–Crippen LogP) is -3.23. The Balaban J connectivity index is 0. The van der Waals surface area contributed by atoms with E-state index >= 15 is 0 Å². The Morgan fingerprint density at radius 3 is 1.00 bits per heavy atom. The summed E-state index contributed by atoms with van der Waals surface area (Å²) in [7, 11) is 0. The third-order valence-electron chi connectivity index (χ3n) is 0. The maximum Gasteiger partial charge on any atom is 0.316 e. The molecular formula is H11CaMgPSi. The minimum absolute atomic E-state index is 0. The molecule has 0 aromatic rings. The van der Waals surface area contributed by atoms with Gasteiger partial charge in [0.2, 0.25) is 0 Å².